The molecular weight excluding hydrogens is 633 g/mol. The van der Waals surface area contributed by atoms with Gasteiger partial charge in [-0.05, 0) is 62.3 Å². The number of halogens is 5. The Morgan fingerprint density at radius 1 is 1.10 bits per heavy atom. The molecule has 48 heavy (non-hydrogen) atoms. The minimum absolute atomic E-state index is 0.0644. The van der Waals surface area contributed by atoms with Crippen molar-refractivity contribution in [2.24, 2.45) is 11.7 Å². The number of alkyl halides is 3. The summed E-state index contributed by atoms with van der Waals surface area (Å²) < 4.78 is 69.3. The third-order valence-electron chi connectivity index (χ3n) is 8.11. The van der Waals surface area contributed by atoms with Gasteiger partial charge >= 0.3 is 6.18 Å². The van der Waals surface area contributed by atoms with E-state index in [0.29, 0.717) is 42.4 Å². The molecule has 0 spiro atoms. The molecule has 2 amide bonds. The van der Waals surface area contributed by atoms with Crippen LogP contribution in [0.3, 0.4) is 0 Å². The molecule has 2 unspecified atom stereocenters. The van der Waals surface area contributed by atoms with Gasteiger partial charge in [-0.3, -0.25) is 9.59 Å². The molecule has 4 rings (SSSR count). The van der Waals surface area contributed by atoms with Gasteiger partial charge in [-0.2, -0.15) is 18.3 Å². The quantitative estimate of drug-likeness (QED) is 0.143. The number of nitrogens with zero attached hydrogens (tertiary/aromatic N) is 3. The number of rotatable bonds is 12. The Morgan fingerprint density at radius 2 is 1.85 bits per heavy atom. The van der Waals surface area contributed by atoms with Crippen molar-refractivity contribution in [1.29, 1.82) is 0 Å². The number of nitrogens with one attached hydrogen (secondary N) is 3. The maximum atomic E-state index is 14.8. The predicted octanol–water partition coefficient (Wildman–Crippen LogP) is 5.79. The molecule has 2 aromatic heterocycles. The van der Waals surface area contributed by atoms with Crippen LogP contribution in [0.5, 0.6) is 0 Å². The van der Waals surface area contributed by atoms with Crippen LogP contribution >= 0.6 is 0 Å². The number of amides is 2. The molecule has 3 aromatic rings. The molecule has 2 atom stereocenters. The predicted molar refractivity (Wildman–Crippen MR) is 172 cm³/mol. The summed E-state index contributed by atoms with van der Waals surface area (Å²) >= 11 is 0. The van der Waals surface area contributed by atoms with Crippen LogP contribution in [0.2, 0.25) is 0 Å². The lowest BCUT2D eigenvalue weighted by molar-refractivity contribution is -0.140. The molecule has 1 aliphatic carbocycles. The summed E-state index contributed by atoms with van der Waals surface area (Å²) in [5.41, 5.74) is 6.51. The fourth-order valence-electron chi connectivity index (χ4n) is 5.34. The summed E-state index contributed by atoms with van der Waals surface area (Å²) in [5, 5.41) is 13.3. The Labute approximate surface area is 274 Å². The van der Waals surface area contributed by atoms with Crippen LogP contribution in [0.15, 0.2) is 66.9 Å². The highest BCUT2D eigenvalue weighted by Crippen LogP contribution is 2.32. The molecule has 5 N–H and O–H groups in total. The first kappa shape index (κ1) is 35.8. The smallest absolute Gasteiger partial charge is 0.380 e. The minimum atomic E-state index is -4.85. The lowest BCUT2D eigenvalue weighted by atomic mass is 9.95. The van der Waals surface area contributed by atoms with E-state index in [1.807, 2.05) is 19.9 Å². The van der Waals surface area contributed by atoms with Gasteiger partial charge in [-0.15, -0.1) is 0 Å². The number of aromatic nitrogens is 3. The number of carbonyl (C=O) groups excluding carboxylic acids is 2. The monoisotopic (exact) mass is 671 g/mol. The molecule has 0 aliphatic heterocycles. The van der Waals surface area contributed by atoms with Gasteiger partial charge in [-0.25, -0.2) is 18.3 Å². The highest BCUT2D eigenvalue weighted by molar-refractivity contribution is 5.97. The van der Waals surface area contributed by atoms with Gasteiger partial charge < -0.3 is 21.7 Å². The zero-order chi connectivity index (χ0) is 35.2. The SMILES string of the molecule is C=C(NCc1ccc(F)c(C(F)(F)F)c1)c1cc(C(=C)NC2CCC/C(C)=C(C(=O)NCCCC(N)=O)\C=C/C2C)n2ncc(F)c2n1. The van der Waals surface area contributed by atoms with Crippen molar-refractivity contribution < 1.29 is 31.5 Å². The number of fused-ring (bicyclic) bond motifs is 1. The Bertz CT molecular complexity index is 1780. The average Bonchev–Trinajstić information content (AvgIpc) is 3.42. The molecule has 14 heteroatoms. The summed E-state index contributed by atoms with van der Waals surface area (Å²) in [5.74, 6) is -2.79. The Morgan fingerprint density at radius 3 is 2.56 bits per heavy atom. The van der Waals surface area contributed by atoms with E-state index in [1.165, 1.54) is 10.6 Å². The third kappa shape index (κ3) is 8.87. The van der Waals surface area contributed by atoms with E-state index in [0.717, 1.165) is 30.7 Å². The first-order valence-electron chi connectivity index (χ1n) is 15.4. The van der Waals surface area contributed by atoms with Gasteiger partial charge in [-0.1, -0.05) is 43.9 Å². The highest BCUT2D eigenvalue weighted by atomic mass is 19.4. The van der Waals surface area contributed by atoms with Gasteiger partial charge in [0.25, 0.3) is 5.91 Å². The van der Waals surface area contributed by atoms with Crippen molar-refractivity contribution in [3.05, 3.63) is 101 Å². The number of primary amides is 1. The van der Waals surface area contributed by atoms with E-state index in [9.17, 15) is 31.5 Å². The standard InChI is InChI=1S/C34H38F5N7O2/c1-19-7-5-8-28(20(2)10-12-24(19)33(48)41-14-6-9-31(40)47)44-22(4)30-16-29(45-32-27(36)18-43-46(30)32)21(3)42-17-23-11-13-26(35)25(15-23)34(37,38)39/h10-13,15-16,18,20,28,42,44H,3-9,14,17H2,1-2H3,(H2,40,47)(H,41,48)/b12-10-,24-19+. The van der Waals surface area contributed by atoms with Crippen molar-refractivity contribution in [2.75, 3.05) is 6.54 Å². The third-order valence-corrected chi connectivity index (χ3v) is 8.11. The van der Waals surface area contributed by atoms with Gasteiger partial charge in [0.05, 0.1) is 34.5 Å². The Hall–Kier alpha value is -5.01. The molecule has 0 saturated carbocycles. The minimum Gasteiger partial charge on any atom is -0.380 e. The van der Waals surface area contributed by atoms with Crippen molar-refractivity contribution >= 4 is 28.9 Å². The van der Waals surface area contributed by atoms with Gasteiger partial charge in [0.2, 0.25) is 5.91 Å². The summed E-state index contributed by atoms with van der Waals surface area (Å²) in [4.78, 5) is 28.2. The largest absolute Gasteiger partial charge is 0.419 e. The molecular formula is C34H38F5N7O2. The lowest BCUT2D eigenvalue weighted by Gasteiger charge is -2.25. The molecule has 0 saturated heterocycles. The number of carbonyl (C=O) groups is 2. The summed E-state index contributed by atoms with van der Waals surface area (Å²) in [6, 6.07) is 4.14. The fourth-order valence-corrected chi connectivity index (χ4v) is 5.34. The van der Waals surface area contributed by atoms with E-state index in [-0.39, 0.29) is 53.4 Å². The van der Waals surface area contributed by atoms with Crippen molar-refractivity contribution in [1.82, 2.24) is 30.5 Å². The van der Waals surface area contributed by atoms with Crippen LogP contribution in [-0.4, -0.2) is 39.0 Å². The van der Waals surface area contributed by atoms with Crippen molar-refractivity contribution in [3.8, 4) is 0 Å². The molecule has 0 fully saturated rings. The number of benzene rings is 1. The lowest BCUT2D eigenvalue weighted by Crippen LogP contribution is -2.33. The van der Waals surface area contributed by atoms with Crippen molar-refractivity contribution in [2.45, 2.75) is 64.7 Å². The second kappa shape index (κ2) is 15.3. The first-order chi connectivity index (χ1) is 22.6. The number of hydrogen-bond donors (Lipinski definition) is 4. The van der Waals surface area contributed by atoms with Crippen LogP contribution in [-0.2, 0) is 22.3 Å². The van der Waals surface area contributed by atoms with E-state index in [2.05, 4.69) is 39.2 Å². The molecule has 1 aliphatic rings. The summed E-state index contributed by atoms with van der Waals surface area (Å²) in [6.45, 7) is 12.2. The first-order valence-corrected chi connectivity index (χ1v) is 15.4. The average molecular weight is 672 g/mol. The molecule has 0 radical (unpaired) electrons. The topological polar surface area (TPSA) is 126 Å². The maximum Gasteiger partial charge on any atom is 0.419 e. The molecule has 0 bridgehead atoms. The van der Waals surface area contributed by atoms with Gasteiger partial charge in [0, 0.05) is 31.1 Å². The maximum absolute atomic E-state index is 14.8. The van der Waals surface area contributed by atoms with Crippen LogP contribution < -0.4 is 21.7 Å². The van der Waals surface area contributed by atoms with Gasteiger partial charge in [0.1, 0.15) is 5.82 Å². The van der Waals surface area contributed by atoms with Crippen LogP contribution in [0.4, 0.5) is 22.0 Å². The van der Waals surface area contributed by atoms with Crippen molar-refractivity contribution in [3.63, 3.8) is 0 Å². The normalized spacial score (nSPS) is 19.1. The van der Waals surface area contributed by atoms with E-state index >= 15 is 0 Å². The van der Waals surface area contributed by atoms with E-state index in [1.54, 1.807) is 12.1 Å². The second-order valence-corrected chi connectivity index (χ2v) is 11.8. The Balaban J connectivity index is 1.50. The van der Waals surface area contributed by atoms with Crippen LogP contribution in [0.25, 0.3) is 17.0 Å². The second-order valence-electron chi connectivity index (χ2n) is 11.8. The van der Waals surface area contributed by atoms with E-state index in [4.69, 9.17) is 5.73 Å². The van der Waals surface area contributed by atoms with Crippen LogP contribution in [0, 0.1) is 17.6 Å². The summed E-state index contributed by atoms with van der Waals surface area (Å²) in [6.07, 6.45) is 2.67. The molecule has 9 nitrogen and oxygen atoms in total. The molecule has 1 aromatic carbocycles. The number of hydrogen-bond acceptors (Lipinski definition) is 6. The van der Waals surface area contributed by atoms with Gasteiger partial charge in [0.15, 0.2) is 11.5 Å². The highest BCUT2D eigenvalue weighted by Gasteiger charge is 2.34. The molecule has 256 valence electrons. The number of nitrogens with two attached hydrogens (primary N) is 1. The number of allylic oxidation sites excluding steroid dienone is 1. The summed E-state index contributed by atoms with van der Waals surface area (Å²) in [7, 11) is 0. The zero-order valence-electron chi connectivity index (χ0n) is 26.7. The van der Waals surface area contributed by atoms with E-state index < -0.39 is 29.3 Å². The Kier molecular flexibility index (Phi) is 11.4. The van der Waals surface area contributed by atoms with Crippen LogP contribution in [0.1, 0.15) is 68.5 Å². The zero-order valence-corrected chi connectivity index (χ0v) is 26.7. The molecule has 2 heterocycles. The fraction of sp³-hybridized carbons (Fsp3) is 0.353.